The molecular formula is C12H15N3O2. The average molecular weight is 233 g/mol. The highest BCUT2D eigenvalue weighted by Crippen LogP contribution is 2.23. The third kappa shape index (κ3) is 2.98. The van der Waals surface area contributed by atoms with E-state index in [1.54, 1.807) is 19.4 Å². The molecule has 0 bridgehead atoms. The van der Waals surface area contributed by atoms with Gasteiger partial charge in [-0.25, -0.2) is 0 Å². The van der Waals surface area contributed by atoms with Gasteiger partial charge in [-0.2, -0.15) is 5.10 Å². The topological polar surface area (TPSA) is 70.2 Å². The largest absolute Gasteiger partial charge is 0.507 e. The van der Waals surface area contributed by atoms with Crippen molar-refractivity contribution in [1.29, 1.82) is 0 Å². The van der Waals surface area contributed by atoms with Crippen molar-refractivity contribution in [3.05, 3.63) is 41.7 Å². The van der Waals surface area contributed by atoms with Crippen LogP contribution in [0, 0.1) is 0 Å². The van der Waals surface area contributed by atoms with Gasteiger partial charge in [0.25, 0.3) is 0 Å². The predicted molar refractivity (Wildman–Crippen MR) is 63.8 cm³/mol. The minimum absolute atomic E-state index is 0.240. The van der Waals surface area contributed by atoms with E-state index in [2.05, 4.69) is 15.5 Å². The minimum atomic E-state index is 0.240. The van der Waals surface area contributed by atoms with Crippen molar-refractivity contribution >= 4 is 0 Å². The molecule has 0 unspecified atom stereocenters. The van der Waals surface area contributed by atoms with Gasteiger partial charge in [0.2, 0.25) is 0 Å². The van der Waals surface area contributed by atoms with E-state index >= 15 is 0 Å². The summed E-state index contributed by atoms with van der Waals surface area (Å²) in [5.74, 6) is 0.894. The van der Waals surface area contributed by atoms with E-state index in [1.165, 1.54) is 0 Å². The Morgan fingerprint density at radius 3 is 2.94 bits per heavy atom. The molecule has 5 heteroatoms. The first-order chi connectivity index (χ1) is 8.29. The quantitative estimate of drug-likeness (QED) is 0.730. The highest BCUT2D eigenvalue weighted by Gasteiger charge is 2.02. The summed E-state index contributed by atoms with van der Waals surface area (Å²) in [6.45, 7) is 1.31. The van der Waals surface area contributed by atoms with Gasteiger partial charge in [-0.05, 0) is 6.07 Å². The molecule has 2 aromatic rings. The Hall–Kier alpha value is -2.01. The van der Waals surface area contributed by atoms with E-state index in [1.807, 2.05) is 18.3 Å². The van der Waals surface area contributed by atoms with Gasteiger partial charge in [0.1, 0.15) is 11.5 Å². The van der Waals surface area contributed by atoms with Crippen molar-refractivity contribution in [2.24, 2.45) is 0 Å². The number of phenols is 1. The maximum Gasteiger partial charge on any atom is 0.123 e. The Morgan fingerprint density at radius 2 is 2.29 bits per heavy atom. The van der Waals surface area contributed by atoms with Gasteiger partial charge in [-0.3, -0.25) is 5.10 Å². The van der Waals surface area contributed by atoms with Crippen LogP contribution in [0.2, 0.25) is 0 Å². The van der Waals surface area contributed by atoms with Crippen molar-refractivity contribution < 1.29 is 9.84 Å². The number of nitrogens with one attached hydrogen (secondary N) is 2. The van der Waals surface area contributed by atoms with E-state index in [0.717, 1.165) is 11.1 Å². The van der Waals surface area contributed by atoms with Gasteiger partial charge in [-0.1, -0.05) is 6.07 Å². The molecule has 2 rings (SSSR count). The smallest absolute Gasteiger partial charge is 0.123 e. The van der Waals surface area contributed by atoms with Crippen molar-refractivity contribution in [3.8, 4) is 11.5 Å². The number of methoxy groups -OCH3 is 1. The van der Waals surface area contributed by atoms with Crippen molar-refractivity contribution in [1.82, 2.24) is 15.5 Å². The summed E-state index contributed by atoms with van der Waals surface area (Å²) in [7, 11) is 1.57. The summed E-state index contributed by atoms with van der Waals surface area (Å²) in [5.41, 5.74) is 1.92. The van der Waals surface area contributed by atoms with Crippen molar-refractivity contribution in [3.63, 3.8) is 0 Å². The molecule has 0 fully saturated rings. The van der Waals surface area contributed by atoms with Crippen LogP contribution in [0.4, 0.5) is 0 Å². The van der Waals surface area contributed by atoms with Crippen LogP contribution in [0.25, 0.3) is 0 Å². The highest BCUT2D eigenvalue weighted by atomic mass is 16.5. The lowest BCUT2D eigenvalue weighted by Gasteiger charge is -2.07. The number of phenolic OH excluding ortho intramolecular Hbond substituents is 1. The molecule has 0 amide bonds. The number of H-pyrrole nitrogens is 1. The molecule has 0 aliphatic heterocycles. The molecule has 1 heterocycles. The van der Waals surface area contributed by atoms with E-state index in [4.69, 9.17) is 4.74 Å². The van der Waals surface area contributed by atoms with Crippen LogP contribution >= 0.6 is 0 Å². The van der Waals surface area contributed by atoms with Gasteiger partial charge in [-0.15, -0.1) is 0 Å². The van der Waals surface area contributed by atoms with Gasteiger partial charge in [0, 0.05) is 36.5 Å². The van der Waals surface area contributed by atoms with Gasteiger partial charge in [0.05, 0.1) is 13.3 Å². The number of aromatic amines is 1. The van der Waals surface area contributed by atoms with Gasteiger partial charge in [0.15, 0.2) is 0 Å². The Balaban J connectivity index is 1.90. The fourth-order valence-corrected chi connectivity index (χ4v) is 1.54. The Labute approximate surface area is 99.4 Å². The average Bonchev–Trinajstić information content (AvgIpc) is 2.84. The third-order valence-electron chi connectivity index (χ3n) is 2.49. The molecule has 17 heavy (non-hydrogen) atoms. The molecule has 1 aromatic carbocycles. The third-order valence-corrected chi connectivity index (χ3v) is 2.49. The summed E-state index contributed by atoms with van der Waals surface area (Å²) in [4.78, 5) is 0. The van der Waals surface area contributed by atoms with E-state index in [9.17, 15) is 5.11 Å². The minimum Gasteiger partial charge on any atom is -0.507 e. The van der Waals surface area contributed by atoms with E-state index in [-0.39, 0.29) is 5.75 Å². The Kier molecular flexibility index (Phi) is 3.62. The van der Waals surface area contributed by atoms with Crippen LogP contribution in [0.15, 0.2) is 30.6 Å². The lowest BCUT2D eigenvalue weighted by molar-refractivity contribution is 0.406. The molecule has 0 aliphatic carbocycles. The number of benzene rings is 1. The van der Waals surface area contributed by atoms with Gasteiger partial charge >= 0.3 is 0 Å². The van der Waals surface area contributed by atoms with Crippen LogP contribution in [-0.2, 0) is 13.1 Å². The second-order valence-corrected chi connectivity index (χ2v) is 3.70. The number of aromatic hydroxyl groups is 1. The van der Waals surface area contributed by atoms with Crippen LogP contribution in [-0.4, -0.2) is 22.4 Å². The second-order valence-electron chi connectivity index (χ2n) is 3.70. The fraction of sp³-hybridized carbons (Fsp3) is 0.250. The van der Waals surface area contributed by atoms with Crippen LogP contribution in [0.3, 0.4) is 0 Å². The second kappa shape index (κ2) is 5.36. The zero-order chi connectivity index (χ0) is 12.1. The first-order valence-corrected chi connectivity index (χ1v) is 5.34. The van der Waals surface area contributed by atoms with Crippen molar-refractivity contribution in [2.45, 2.75) is 13.1 Å². The molecular weight excluding hydrogens is 218 g/mol. The highest BCUT2D eigenvalue weighted by molar-refractivity contribution is 5.39. The molecule has 0 radical (unpaired) electrons. The standard InChI is InChI=1S/C12H15N3O2/c1-17-11-3-2-10(12(16)4-11)8-13-5-9-6-14-15-7-9/h2-4,6-7,13,16H,5,8H2,1H3,(H,14,15). The first kappa shape index (κ1) is 11.5. The zero-order valence-corrected chi connectivity index (χ0v) is 9.60. The Morgan fingerprint density at radius 1 is 1.41 bits per heavy atom. The zero-order valence-electron chi connectivity index (χ0n) is 9.60. The predicted octanol–water partition coefficient (Wildman–Crippen LogP) is 1.41. The number of hydrogen-bond acceptors (Lipinski definition) is 4. The summed E-state index contributed by atoms with van der Waals surface area (Å²) in [6.07, 6.45) is 3.60. The van der Waals surface area contributed by atoms with Crippen LogP contribution < -0.4 is 10.1 Å². The lowest BCUT2D eigenvalue weighted by atomic mass is 10.2. The maximum absolute atomic E-state index is 9.74. The van der Waals surface area contributed by atoms with E-state index < -0.39 is 0 Å². The SMILES string of the molecule is COc1ccc(CNCc2cn[nH]c2)c(O)c1. The normalized spacial score (nSPS) is 10.4. The molecule has 0 saturated carbocycles. The molecule has 90 valence electrons. The summed E-state index contributed by atoms with van der Waals surface area (Å²) < 4.78 is 5.02. The monoisotopic (exact) mass is 233 g/mol. The summed E-state index contributed by atoms with van der Waals surface area (Å²) >= 11 is 0. The fourth-order valence-electron chi connectivity index (χ4n) is 1.54. The molecule has 0 aliphatic rings. The molecule has 0 atom stereocenters. The Bertz CT molecular complexity index is 469. The number of aromatic nitrogens is 2. The molecule has 5 nitrogen and oxygen atoms in total. The number of rotatable bonds is 5. The van der Waals surface area contributed by atoms with Gasteiger partial charge < -0.3 is 15.2 Å². The molecule has 3 N–H and O–H groups in total. The summed E-state index contributed by atoms with van der Waals surface area (Å²) in [5, 5.41) is 19.6. The first-order valence-electron chi connectivity index (χ1n) is 5.34. The number of hydrogen-bond donors (Lipinski definition) is 3. The van der Waals surface area contributed by atoms with E-state index in [0.29, 0.717) is 18.8 Å². The number of nitrogens with zero attached hydrogens (tertiary/aromatic N) is 1. The maximum atomic E-state index is 9.74. The summed E-state index contributed by atoms with van der Waals surface area (Å²) in [6, 6.07) is 5.28. The molecule has 1 aromatic heterocycles. The molecule has 0 saturated heterocycles. The van der Waals surface area contributed by atoms with Crippen LogP contribution in [0.1, 0.15) is 11.1 Å². The van der Waals surface area contributed by atoms with Crippen molar-refractivity contribution in [2.75, 3.05) is 7.11 Å². The number of ether oxygens (including phenoxy) is 1. The lowest BCUT2D eigenvalue weighted by Crippen LogP contribution is -2.12. The van der Waals surface area contributed by atoms with Crippen LogP contribution in [0.5, 0.6) is 11.5 Å². The molecule has 0 spiro atoms.